The lowest BCUT2D eigenvalue weighted by molar-refractivity contribution is -0.215. The number of hydrogen-bond donors (Lipinski definition) is 2. The Kier molecular flexibility index (Phi) is 5.02. The molecular weight excluding hydrogens is 392 g/mol. The second-order valence-electron chi connectivity index (χ2n) is 15.1. The quantitative estimate of drug-likeness (QED) is 0.424. The average Bonchev–Trinajstić information content (AvgIpc) is 2.73. The first-order chi connectivity index (χ1) is 14.8. The Hall–Kier alpha value is -0.340. The van der Waals surface area contributed by atoms with Gasteiger partial charge in [0.1, 0.15) is 0 Å². The summed E-state index contributed by atoms with van der Waals surface area (Å²) in [6, 6.07) is 0. The highest BCUT2D eigenvalue weighted by molar-refractivity contribution is 5.33. The fraction of sp³-hybridized carbons (Fsp3) is 0.933. The zero-order valence-corrected chi connectivity index (χ0v) is 22.1. The van der Waals surface area contributed by atoms with Crippen molar-refractivity contribution in [3.63, 3.8) is 0 Å². The average molecular weight is 443 g/mol. The van der Waals surface area contributed by atoms with E-state index in [0.29, 0.717) is 33.5 Å². The van der Waals surface area contributed by atoms with Crippen LogP contribution in [0.1, 0.15) is 113 Å². The molecule has 0 radical (unpaired) electrons. The van der Waals surface area contributed by atoms with Crippen molar-refractivity contribution in [3.8, 4) is 0 Å². The summed E-state index contributed by atoms with van der Waals surface area (Å²) in [5, 5.41) is 21.3. The van der Waals surface area contributed by atoms with Crippen molar-refractivity contribution in [2.75, 3.05) is 6.61 Å². The molecule has 0 spiro atoms. The highest BCUT2D eigenvalue weighted by atomic mass is 16.3. The fourth-order valence-corrected chi connectivity index (χ4v) is 10.5. The first-order valence-electron chi connectivity index (χ1n) is 13.8. The van der Waals surface area contributed by atoms with Crippen LogP contribution in [-0.4, -0.2) is 22.9 Å². The van der Waals surface area contributed by atoms with Crippen LogP contribution in [-0.2, 0) is 0 Å². The van der Waals surface area contributed by atoms with Gasteiger partial charge in [0.15, 0.2) is 0 Å². The van der Waals surface area contributed by atoms with E-state index in [0.717, 1.165) is 25.2 Å². The van der Waals surface area contributed by atoms with Gasteiger partial charge in [0, 0.05) is 5.41 Å². The molecule has 0 bridgehead atoms. The summed E-state index contributed by atoms with van der Waals surface area (Å²) in [6.45, 7) is 17.7. The summed E-state index contributed by atoms with van der Waals surface area (Å²) < 4.78 is 0. The topological polar surface area (TPSA) is 40.5 Å². The van der Waals surface area contributed by atoms with Crippen LogP contribution < -0.4 is 0 Å². The third-order valence-electron chi connectivity index (χ3n) is 13.2. The van der Waals surface area contributed by atoms with Crippen LogP contribution in [0.15, 0.2) is 11.6 Å². The molecule has 182 valence electrons. The molecular formula is C30H50O2. The predicted molar refractivity (Wildman–Crippen MR) is 132 cm³/mol. The van der Waals surface area contributed by atoms with Gasteiger partial charge in [-0.2, -0.15) is 0 Å². The molecule has 0 aromatic rings. The number of rotatable bonds is 1. The SMILES string of the molecule is CC1(C)CC[C@]2(C)CC[C@]3(C)C(=CCC4[C@@]5(C)CC[C@H](O)[C@](C)(CO)C5CC[C@]43C)[C@@H]2C1. The van der Waals surface area contributed by atoms with E-state index in [1.54, 1.807) is 0 Å². The van der Waals surface area contributed by atoms with E-state index in [-0.39, 0.29) is 23.5 Å². The van der Waals surface area contributed by atoms with Crippen LogP contribution in [0.5, 0.6) is 0 Å². The monoisotopic (exact) mass is 442 g/mol. The van der Waals surface area contributed by atoms with Crippen molar-refractivity contribution >= 4 is 0 Å². The van der Waals surface area contributed by atoms with E-state index in [4.69, 9.17) is 0 Å². The third kappa shape index (κ3) is 2.78. The number of fused-ring (bicyclic) bond motifs is 7. The second kappa shape index (κ2) is 6.87. The van der Waals surface area contributed by atoms with Crippen LogP contribution in [0.3, 0.4) is 0 Å². The van der Waals surface area contributed by atoms with E-state index in [1.165, 1.54) is 44.9 Å². The lowest BCUT2D eigenvalue weighted by Gasteiger charge is -2.71. The lowest BCUT2D eigenvalue weighted by atomic mass is 9.33. The van der Waals surface area contributed by atoms with Crippen molar-refractivity contribution in [1.82, 2.24) is 0 Å². The van der Waals surface area contributed by atoms with Gasteiger partial charge < -0.3 is 10.2 Å². The van der Waals surface area contributed by atoms with E-state index in [9.17, 15) is 10.2 Å². The van der Waals surface area contributed by atoms with Gasteiger partial charge in [-0.1, -0.05) is 60.1 Å². The van der Waals surface area contributed by atoms with E-state index in [1.807, 2.05) is 5.57 Å². The molecule has 9 atom stereocenters. The van der Waals surface area contributed by atoms with Gasteiger partial charge in [0.05, 0.1) is 12.7 Å². The summed E-state index contributed by atoms with van der Waals surface area (Å²) in [6.07, 6.45) is 14.8. The number of aliphatic hydroxyl groups excluding tert-OH is 2. The van der Waals surface area contributed by atoms with Crippen LogP contribution in [0.2, 0.25) is 0 Å². The van der Waals surface area contributed by atoms with E-state index >= 15 is 0 Å². The Balaban J connectivity index is 1.57. The van der Waals surface area contributed by atoms with Crippen molar-refractivity contribution < 1.29 is 10.2 Å². The van der Waals surface area contributed by atoms with Gasteiger partial charge in [0.25, 0.3) is 0 Å². The second-order valence-corrected chi connectivity index (χ2v) is 15.1. The summed E-state index contributed by atoms with van der Waals surface area (Å²) in [4.78, 5) is 0. The zero-order chi connectivity index (χ0) is 23.4. The minimum atomic E-state index is -0.361. The standard InChI is InChI=1S/C30H50O2/c1-25(2)14-15-26(3)16-17-29(6)20(21(26)18-25)8-9-23-27(4)12-11-24(32)28(5,19-31)22(27)10-13-30(23,29)7/h8,21-24,31-32H,9-19H2,1-7H3/t21-,22?,23?,24-,26+,27-,28+,29+,30+/m0/s1. The summed E-state index contributed by atoms with van der Waals surface area (Å²) in [5.74, 6) is 1.83. The number of hydrogen-bond acceptors (Lipinski definition) is 2. The molecule has 5 rings (SSSR count). The molecule has 4 saturated carbocycles. The molecule has 0 aliphatic heterocycles. The molecule has 2 N–H and O–H groups in total. The summed E-state index contributed by atoms with van der Waals surface area (Å²) in [7, 11) is 0. The first-order valence-corrected chi connectivity index (χ1v) is 13.8. The molecule has 0 saturated heterocycles. The van der Waals surface area contributed by atoms with Crippen molar-refractivity contribution in [3.05, 3.63) is 11.6 Å². The smallest absolute Gasteiger partial charge is 0.0618 e. The van der Waals surface area contributed by atoms with Gasteiger partial charge in [0.2, 0.25) is 0 Å². The van der Waals surface area contributed by atoms with Crippen LogP contribution >= 0.6 is 0 Å². The summed E-state index contributed by atoms with van der Waals surface area (Å²) >= 11 is 0. The molecule has 4 fully saturated rings. The largest absolute Gasteiger partial charge is 0.396 e. The van der Waals surface area contributed by atoms with Crippen LogP contribution in [0.4, 0.5) is 0 Å². The minimum Gasteiger partial charge on any atom is -0.396 e. The number of aliphatic hydroxyl groups is 2. The Morgan fingerprint density at radius 1 is 0.844 bits per heavy atom. The molecule has 0 heterocycles. The maximum atomic E-state index is 10.9. The van der Waals surface area contributed by atoms with Crippen LogP contribution in [0.25, 0.3) is 0 Å². The van der Waals surface area contributed by atoms with Crippen molar-refractivity contribution in [1.29, 1.82) is 0 Å². The minimum absolute atomic E-state index is 0.117. The molecule has 32 heavy (non-hydrogen) atoms. The molecule has 0 aromatic heterocycles. The van der Waals surface area contributed by atoms with Crippen molar-refractivity contribution in [2.45, 2.75) is 119 Å². The van der Waals surface area contributed by atoms with Crippen LogP contribution in [0, 0.1) is 50.2 Å². The Morgan fingerprint density at radius 2 is 1.53 bits per heavy atom. The molecule has 5 aliphatic carbocycles. The molecule has 0 amide bonds. The molecule has 2 nitrogen and oxygen atoms in total. The Bertz CT molecular complexity index is 814. The van der Waals surface area contributed by atoms with Gasteiger partial charge >= 0.3 is 0 Å². The molecule has 2 heteroatoms. The molecule has 2 unspecified atom stereocenters. The predicted octanol–water partition coefficient (Wildman–Crippen LogP) is 7.14. The normalized spacial score (nSPS) is 56.8. The van der Waals surface area contributed by atoms with Gasteiger partial charge in [-0.25, -0.2) is 0 Å². The fourth-order valence-electron chi connectivity index (χ4n) is 10.5. The maximum Gasteiger partial charge on any atom is 0.0618 e. The molecule has 0 aromatic carbocycles. The molecule has 5 aliphatic rings. The lowest BCUT2D eigenvalue weighted by Crippen LogP contribution is -2.65. The summed E-state index contributed by atoms with van der Waals surface area (Å²) in [5.41, 5.74) is 3.28. The highest BCUT2D eigenvalue weighted by Gasteiger charge is 2.68. The van der Waals surface area contributed by atoms with Crippen molar-refractivity contribution in [2.24, 2.45) is 50.2 Å². The van der Waals surface area contributed by atoms with E-state index in [2.05, 4.69) is 54.5 Å². The van der Waals surface area contributed by atoms with Gasteiger partial charge in [-0.05, 0) is 109 Å². The Morgan fingerprint density at radius 3 is 2.22 bits per heavy atom. The number of allylic oxidation sites excluding steroid dienone is 2. The maximum absolute atomic E-state index is 10.9. The highest BCUT2D eigenvalue weighted by Crippen LogP contribution is 2.75. The first kappa shape index (κ1) is 23.4. The van der Waals surface area contributed by atoms with Gasteiger partial charge in [-0.3, -0.25) is 0 Å². The Labute approximate surface area is 197 Å². The van der Waals surface area contributed by atoms with E-state index < -0.39 is 0 Å². The third-order valence-corrected chi connectivity index (χ3v) is 13.2. The van der Waals surface area contributed by atoms with Gasteiger partial charge in [-0.15, -0.1) is 0 Å². The zero-order valence-electron chi connectivity index (χ0n) is 22.1.